The first-order chi connectivity index (χ1) is 29.6. The number of amides is 1. The van der Waals surface area contributed by atoms with Crippen LogP contribution in [0.15, 0.2) is 59.9 Å². The highest BCUT2D eigenvalue weighted by Gasteiger charge is 2.39. The first kappa shape index (κ1) is 40.4. The van der Waals surface area contributed by atoms with Crippen LogP contribution in [0.1, 0.15) is 73.2 Å². The Bertz CT molecular complexity index is 3040. The zero-order chi connectivity index (χ0) is 43.0. The molecule has 2 aliphatic heterocycles. The van der Waals surface area contributed by atoms with Crippen LogP contribution in [0.3, 0.4) is 0 Å². The molecule has 0 bridgehead atoms. The number of benzene rings is 3. The maximum atomic E-state index is 13.1. The average molecular weight is 815 g/mol. The van der Waals surface area contributed by atoms with Gasteiger partial charge in [0.25, 0.3) is 0 Å². The summed E-state index contributed by atoms with van der Waals surface area (Å²) in [5.74, 6) is 9.55. The number of nitriles is 1. The summed E-state index contributed by atoms with van der Waals surface area (Å²) in [6, 6.07) is 16.4. The number of nitrogens with one attached hydrogen (secondary N) is 4. The van der Waals surface area contributed by atoms with Crippen molar-refractivity contribution in [3.8, 4) is 6.07 Å². The summed E-state index contributed by atoms with van der Waals surface area (Å²) in [6.45, 7) is 10.0. The fourth-order valence-corrected chi connectivity index (χ4v) is 9.30. The Hall–Kier alpha value is -7.43. The van der Waals surface area contributed by atoms with Crippen LogP contribution in [0.2, 0.25) is 0 Å². The molecule has 4 N–H and O–H groups in total. The predicted molar refractivity (Wildman–Crippen MR) is 230 cm³/mol. The van der Waals surface area contributed by atoms with Gasteiger partial charge in [-0.15, -0.1) is 0 Å². The van der Waals surface area contributed by atoms with Crippen molar-refractivity contribution in [1.29, 1.82) is 5.26 Å². The normalized spacial score (nSPS) is 16.9. The van der Waals surface area contributed by atoms with Gasteiger partial charge in [-0.3, -0.25) is 9.69 Å². The minimum atomic E-state index is -0.771. The second-order valence-electron chi connectivity index (χ2n) is 16.0. The molecule has 61 heavy (non-hydrogen) atoms. The summed E-state index contributed by atoms with van der Waals surface area (Å²) in [4.78, 5) is 81.6. The van der Waals surface area contributed by atoms with Gasteiger partial charge < -0.3 is 30.4 Å². The molecular formula is C47H42N8O6. The van der Waals surface area contributed by atoms with Crippen LogP contribution in [0.25, 0.3) is 27.2 Å². The molecule has 14 heteroatoms. The summed E-state index contributed by atoms with van der Waals surface area (Å²) in [7, 11) is 0. The summed E-state index contributed by atoms with van der Waals surface area (Å²) < 4.78 is 1.41. The van der Waals surface area contributed by atoms with Gasteiger partial charge in [0.05, 0.1) is 29.8 Å². The highest BCUT2D eigenvalue weighted by molar-refractivity contribution is 6.10. The summed E-state index contributed by atoms with van der Waals surface area (Å²) in [5.41, 5.74) is 8.03. The van der Waals surface area contributed by atoms with Crippen molar-refractivity contribution in [2.24, 2.45) is 0 Å². The highest BCUT2D eigenvalue weighted by Crippen LogP contribution is 2.49. The Morgan fingerprint density at radius 1 is 0.902 bits per heavy atom. The molecule has 1 amide bonds. The second kappa shape index (κ2) is 16.3. The van der Waals surface area contributed by atoms with Crippen LogP contribution in [0.4, 0.5) is 11.4 Å². The van der Waals surface area contributed by atoms with E-state index in [0.717, 1.165) is 51.0 Å². The van der Waals surface area contributed by atoms with E-state index in [1.807, 2.05) is 24.0 Å². The molecule has 2 aromatic heterocycles. The third-order valence-electron chi connectivity index (χ3n) is 12.4. The number of hydrogen-bond acceptors (Lipinski definition) is 11. The second-order valence-corrected chi connectivity index (χ2v) is 16.0. The molecule has 8 rings (SSSR count). The summed E-state index contributed by atoms with van der Waals surface area (Å²) >= 11 is 0. The van der Waals surface area contributed by atoms with Crippen molar-refractivity contribution in [1.82, 2.24) is 25.1 Å². The molecular weight excluding hydrogens is 773 g/mol. The molecule has 3 aliphatic rings. The van der Waals surface area contributed by atoms with Crippen molar-refractivity contribution in [2.45, 2.75) is 51.5 Å². The maximum Gasteiger partial charge on any atom is 0.234 e. The van der Waals surface area contributed by atoms with Crippen LogP contribution < -0.4 is 31.5 Å². The maximum absolute atomic E-state index is 13.1. The van der Waals surface area contributed by atoms with Crippen molar-refractivity contribution < 1.29 is 28.8 Å². The number of piperazine rings is 1. The first-order valence-corrected chi connectivity index (χ1v) is 20.3. The number of fused-ring (bicyclic) bond motifs is 5. The van der Waals surface area contributed by atoms with E-state index in [2.05, 4.69) is 75.6 Å². The van der Waals surface area contributed by atoms with Crippen LogP contribution in [-0.2, 0) is 40.6 Å². The van der Waals surface area contributed by atoms with Gasteiger partial charge in [0, 0.05) is 95.4 Å². The molecule has 2 saturated heterocycles. The third-order valence-corrected chi connectivity index (χ3v) is 12.4. The minimum absolute atomic E-state index is 0.000443. The molecule has 5 aromatic rings. The molecule has 4 heterocycles. The van der Waals surface area contributed by atoms with E-state index < -0.39 is 11.5 Å². The molecule has 1 unspecified atom stereocenters. The van der Waals surface area contributed by atoms with Crippen LogP contribution in [0, 0.1) is 11.3 Å². The number of hydrogen-bond donors (Lipinski definition) is 4. The number of allylic oxidation sites excluding steroid dienone is 2. The molecule has 306 valence electrons. The number of nitrogens with zero attached hydrogens (tertiary/aromatic N) is 4. The fraction of sp³-hybridized carbons (Fsp3) is 0.319. The van der Waals surface area contributed by atoms with Gasteiger partial charge in [0.2, 0.25) is 5.91 Å². The van der Waals surface area contributed by atoms with Crippen molar-refractivity contribution in [3.63, 3.8) is 0 Å². The van der Waals surface area contributed by atoms with E-state index >= 15 is 0 Å². The molecule has 2 fully saturated rings. The Morgan fingerprint density at radius 2 is 1.69 bits per heavy atom. The van der Waals surface area contributed by atoms with Crippen LogP contribution >= 0.6 is 0 Å². The van der Waals surface area contributed by atoms with E-state index in [-0.39, 0.29) is 53.9 Å². The molecule has 14 nitrogen and oxygen atoms in total. The van der Waals surface area contributed by atoms with E-state index in [1.165, 1.54) is 4.57 Å². The smallest absolute Gasteiger partial charge is 0.234 e. The number of aryl methyl sites for hydroxylation is 1. The van der Waals surface area contributed by atoms with Gasteiger partial charge in [-0.1, -0.05) is 39.0 Å². The monoisotopic (exact) mass is 814 g/mol. The Morgan fingerprint density at radius 3 is 2.38 bits per heavy atom. The lowest BCUT2D eigenvalue weighted by Gasteiger charge is -2.39. The first-order valence-electron chi connectivity index (χ1n) is 20.3. The van der Waals surface area contributed by atoms with Gasteiger partial charge >= 0.3 is 0 Å². The van der Waals surface area contributed by atoms with Crippen molar-refractivity contribution >= 4 is 74.2 Å². The SMILES string of the molecule is CCc1cc2c(cc1N1CCN(CC(=O)NCCNc3cccc4c(=C=O)n(C5CCC(=C=O)NC5=C=O)c(=C=O)c34)CC1)C(C)(C)c1[nH]c3cc(C#N)ccc3c1C2=C=O. The highest BCUT2D eigenvalue weighted by atomic mass is 16.2. The standard InChI is InChI=1S/C47H42N8O6/c1-4-29-19-33-34(24-57)44-31-10-8-28(21-48)18-37(31)52-46(44)47(2,3)35(33)20-40(29)54-16-14-53(15-17-54)22-43(61)50-13-12-49-36-7-5-6-32-41(26-59)55(42(27-60)45(32)36)39-11-9-30(23-56)51-38(39)25-58/h5-8,10,18-20,39,49,51-52H,4,9,11-17,22H2,1-3H3,(H,50,61). The lowest BCUT2D eigenvalue weighted by Crippen LogP contribution is -2.50. The van der Waals surface area contributed by atoms with Gasteiger partial charge in [0.15, 0.2) is 11.9 Å². The minimum Gasteiger partial charge on any atom is -0.383 e. The Balaban J connectivity index is 0.918. The third kappa shape index (κ3) is 6.90. The van der Waals surface area contributed by atoms with E-state index in [1.54, 1.807) is 36.1 Å². The van der Waals surface area contributed by atoms with Crippen molar-refractivity contribution in [2.75, 3.05) is 56.0 Å². The lowest BCUT2D eigenvalue weighted by molar-refractivity contribution is -0.122. The van der Waals surface area contributed by atoms with E-state index in [9.17, 15) is 34.0 Å². The van der Waals surface area contributed by atoms with Crippen molar-refractivity contribution in [3.05, 3.63) is 104 Å². The summed E-state index contributed by atoms with van der Waals surface area (Å²) in [5, 5.41) is 20.3. The van der Waals surface area contributed by atoms with Gasteiger partial charge in [0.1, 0.15) is 39.9 Å². The number of rotatable bonds is 9. The lowest BCUT2D eigenvalue weighted by atomic mass is 9.69. The van der Waals surface area contributed by atoms with Crippen LogP contribution in [0.5, 0.6) is 0 Å². The van der Waals surface area contributed by atoms with Crippen LogP contribution in [-0.4, -0.2) is 95.9 Å². The Kier molecular flexibility index (Phi) is 10.8. The molecule has 0 saturated carbocycles. The fourth-order valence-electron chi connectivity index (χ4n) is 9.30. The van der Waals surface area contributed by atoms with Gasteiger partial charge in [-0.05, 0) is 59.9 Å². The number of carbonyl (C=O) groups is 1. The number of piperidine rings is 1. The number of carbonyl (C=O) groups excluding carboxylic acids is 6. The molecule has 0 radical (unpaired) electrons. The van der Waals surface area contributed by atoms with Gasteiger partial charge in [-0.25, -0.2) is 24.0 Å². The van der Waals surface area contributed by atoms with E-state index in [0.29, 0.717) is 60.3 Å². The average Bonchev–Trinajstić information content (AvgIpc) is 3.84. The zero-order valence-corrected chi connectivity index (χ0v) is 34.0. The summed E-state index contributed by atoms with van der Waals surface area (Å²) in [6.07, 6.45) is 1.27. The topological polar surface area (TPSA) is 189 Å². The Labute approximate surface area is 350 Å². The number of aromatic amines is 1. The molecule has 1 atom stereocenters. The molecule has 0 spiro atoms. The zero-order valence-electron chi connectivity index (χ0n) is 34.0. The van der Waals surface area contributed by atoms with Gasteiger partial charge in [-0.2, -0.15) is 5.26 Å². The molecule has 3 aromatic carbocycles. The molecule has 1 aliphatic carbocycles. The predicted octanol–water partition coefficient (Wildman–Crippen LogP) is 2.17. The van der Waals surface area contributed by atoms with E-state index in [4.69, 9.17) is 0 Å². The quantitative estimate of drug-likeness (QED) is 0.126. The number of H-pyrrole nitrogens is 1. The largest absolute Gasteiger partial charge is 0.383 e. The number of anilines is 2. The number of aromatic nitrogens is 2.